The Morgan fingerprint density at radius 2 is 2.08 bits per heavy atom. The number of pyridine rings is 1. The summed E-state index contributed by atoms with van der Waals surface area (Å²) < 4.78 is 30.5. The third-order valence-electron chi connectivity index (χ3n) is 3.61. The molecule has 0 aliphatic rings. The molecular formula is C17H19ClN2O5S. The molecule has 1 aromatic heterocycles. The number of rotatable bonds is 8. The second kappa shape index (κ2) is 9.09. The van der Waals surface area contributed by atoms with Crippen LogP contribution in [0.2, 0.25) is 5.02 Å². The minimum Gasteiger partial charge on any atom is -0.462 e. The minimum absolute atomic E-state index is 0.0120. The van der Waals surface area contributed by atoms with Crippen LogP contribution in [0.25, 0.3) is 0 Å². The van der Waals surface area contributed by atoms with Crippen LogP contribution in [0.1, 0.15) is 22.3 Å². The Balaban J connectivity index is 2.02. The Labute approximate surface area is 157 Å². The van der Waals surface area contributed by atoms with E-state index in [1.54, 1.807) is 12.4 Å². The highest BCUT2D eigenvalue weighted by molar-refractivity contribution is 7.89. The van der Waals surface area contributed by atoms with Gasteiger partial charge in [0.05, 0.1) is 24.3 Å². The lowest BCUT2D eigenvalue weighted by atomic mass is 10.2. The van der Waals surface area contributed by atoms with Gasteiger partial charge in [-0.25, -0.2) is 13.2 Å². The normalized spacial score (nSPS) is 11.5. The molecule has 0 radical (unpaired) electrons. The standard InChI is InChI=1S/C17H19ClN2O5S/c1-20(24-2)26(22,23)16-11-14(7-8-15(16)18)17(21)25-10-4-6-13-5-3-9-19-12-13/h3,5,7-9,11-12H,4,6,10H2,1-2H3. The second-order valence-electron chi connectivity index (χ2n) is 5.34. The fraction of sp³-hybridized carbons (Fsp3) is 0.294. The smallest absolute Gasteiger partial charge is 0.338 e. The maximum atomic E-state index is 12.3. The lowest BCUT2D eigenvalue weighted by molar-refractivity contribution is -0.0258. The van der Waals surface area contributed by atoms with E-state index in [1.807, 2.05) is 12.1 Å². The highest BCUT2D eigenvalue weighted by Crippen LogP contribution is 2.25. The zero-order valence-electron chi connectivity index (χ0n) is 14.4. The van der Waals surface area contributed by atoms with Crippen molar-refractivity contribution in [1.82, 2.24) is 9.45 Å². The second-order valence-corrected chi connectivity index (χ2v) is 7.65. The number of aryl methyl sites for hydroxylation is 1. The Hall–Kier alpha value is -2.00. The Bertz CT molecular complexity index is 859. The van der Waals surface area contributed by atoms with Gasteiger partial charge in [-0.1, -0.05) is 22.1 Å². The summed E-state index contributed by atoms with van der Waals surface area (Å²) in [5, 5.41) is -0.0120. The molecule has 7 nitrogen and oxygen atoms in total. The van der Waals surface area contributed by atoms with Crippen molar-refractivity contribution in [3.63, 3.8) is 0 Å². The maximum absolute atomic E-state index is 12.3. The highest BCUT2D eigenvalue weighted by Gasteiger charge is 2.25. The SMILES string of the molecule is CON(C)S(=O)(=O)c1cc(C(=O)OCCCc2cccnc2)ccc1Cl. The van der Waals surface area contributed by atoms with E-state index in [1.165, 1.54) is 32.4 Å². The van der Waals surface area contributed by atoms with E-state index in [4.69, 9.17) is 21.2 Å². The van der Waals surface area contributed by atoms with Gasteiger partial charge in [0.2, 0.25) is 0 Å². The molecule has 0 aliphatic carbocycles. The Kier molecular flexibility index (Phi) is 7.10. The summed E-state index contributed by atoms with van der Waals surface area (Å²) in [4.78, 5) is 20.7. The first-order chi connectivity index (χ1) is 12.4. The van der Waals surface area contributed by atoms with Crippen LogP contribution in [0.15, 0.2) is 47.6 Å². The first-order valence-electron chi connectivity index (χ1n) is 7.75. The molecule has 0 atom stereocenters. The van der Waals surface area contributed by atoms with Crippen LogP contribution in [0.3, 0.4) is 0 Å². The first kappa shape index (κ1) is 20.3. The monoisotopic (exact) mass is 398 g/mol. The summed E-state index contributed by atoms with van der Waals surface area (Å²) in [6.07, 6.45) is 4.80. The average molecular weight is 399 g/mol. The molecule has 0 bridgehead atoms. The molecule has 9 heteroatoms. The van der Waals surface area contributed by atoms with Gasteiger partial charge in [-0.05, 0) is 42.7 Å². The molecule has 1 heterocycles. The van der Waals surface area contributed by atoms with Gasteiger partial charge in [0.1, 0.15) is 4.90 Å². The number of halogens is 1. The largest absolute Gasteiger partial charge is 0.462 e. The number of hydrogen-bond donors (Lipinski definition) is 0. The van der Waals surface area contributed by atoms with Crippen molar-refractivity contribution in [2.45, 2.75) is 17.7 Å². The van der Waals surface area contributed by atoms with Crippen LogP contribution < -0.4 is 0 Å². The molecule has 26 heavy (non-hydrogen) atoms. The summed E-state index contributed by atoms with van der Waals surface area (Å²) in [5.41, 5.74) is 1.14. The molecular weight excluding hydrogens is 380 g/mol. The van der Waals surface area contributed by atoms with Crippen molar-refractivity contribution >= 4 is 27.6 Å². The average Bonchev–Trinajstić information content (AvgIpc) is 2.65. The van der Waals surface area contributed by atoms with Crippen molar-refractivity contribution in [3.8, 4) is 0 Å². The number of aromatic nitrogens is 1. The molecule has 0 saturated carbocycles. The van der Waals surface area contributed by atoms with Gasteiger partial charge in [-0.15, -0.1) is 0 Å². The number of ether oxygens (including phenoxy) is 1. The Morgan fingerprint density at radius 1 is 1.31 bits per heavy atom. The van der Waals surface area contributed by atoms with E-state index in [2.05, 4.69) is 4.98 Å². The summed E-state index contributed by atoms with van der Waals surface area (Å²) in [6.45, 7) is 0.205. The Morgan fingerprint density at radius 3 is 2.73 bits per heavy atom. The van der Waals surface area contributed by atoms with E-state index in [0.717, 1.165) is 12.0 Å². The van der Waals surface area contributed by atoms with Crippen LogP contribution in [0, 0.1) is 0 Å². The van der Waals surface area contributed by atoms with E-state index in [-0.39, 0.29) is 22.1 Å². The van der Waals surface area contributed by atoms with Crippen LogP contribution in [-0.4, -0.2) is 44.6 Å². The van der Waals surface area contributed by atoms with Crippen molar-refractivity contribution in [3.05, 3.63) is 58.9 Å². The molecule has 2 rings (SSSR count). The predicted molar refractivity (Wildman–Crippen MR) is 96.3 cm³/mol. The minimum atomic E-state index is -3.97. The van der Waals surface area contributed by atoms with Crippen LogP contribution in [0.5, 0.6) is 0 Å². The number of benzene rings is 1. The van der Waals surface area contributed by atoms with Gasteiger partial charge < -0.3 is 4.74 Å². The maximum Gasteiger partial charge on any atom is 0.338 e. The molecule has 140 valence electrons. The molecule has 0 saturated heterocycles. The first-order valence-corrected chi connectivity index (χ1v) is 9.56. The number of carbonyl (C=O) groups is 1. The third-order valence-corrected chi connectivity index (χ3v) is 5.77. The van der Waals surface area contributed by atoms with Crippen LogP contribution >= 0.6 is 11.6 Å². The summed E-state index contributed by atoms with van der Waals surface area (Å²) in [5.74, 6) is -0.621. The molecule has 1 aromatic carbocycles. The molecule has 0 spiro atoms. The molecule has 0 unspecified atom stereocenters. The summed E-state index contributed by atoms with van der Waals surface area (Å²) in [7, 11) is -1.53. The van der Waals surface area contributed by atoms with Gasteiger partial charge in [0.25, 0.3) is 10.0 Å². The zero-order chi connectivity index (χ0) is 19.2. The number of hydroxylamine groups is 1. The topological polar surface area (TPSA) is 85.8 Å². The lowest BCUT2D eigenvalue weighted by Gasteiger charge is -2.15. The van der Waals surface area contributed by atoms with Crippen LogP contribution in [0.4, 0.5) is 0 Å². The van der Waals surface area contributed by atoms with Gasteiger partial charge >= 0.3 is 5.97 Å². The number of hydrogen-bond acceptors (Lipinski definition) is 6. The van der Waals surface area contributed by atoms with Gasteiger partial charge in [0, 0.05) is 19.4 Å². The number of sulfonamides is 1. The number of carbonyl (C=O) groups excluding carboxylic acids is 1. The van der Waals surface area contributed by atoms with E-state index >= 15 is 0 Å². The van der Waals surface area contributed by atoms with E-state index in [9.17, 15) is 13.2 Å². The van der Waals surface area contributed by atoms with Gasteiger partial charge in [-0.3, -0.25) is 9.82 Å². The fourth-order valence-electron chi connectivity index (χ4n) is 2.14. The fourth-order valence-corrected chi connectivity index (χ4v) is 3.61. The van der Waals surface area contributed by atoms with Gasteiger partial charge in [0.15, 0.2) is 0 Å². The highest BCUT2D eigenvalue weighted by atomic mass is 35.5. The lowest BCUT2D eigenvalue weighted by Crippen LogP contribution is -2.26. The molecule has 0 N–H and O–H groups in total. The van der Waals surface area contributed by atoms with Crippen molar-refractivity contribution < 1.29 is 22.8 Å². The molecule has 2 aromatic rings. The van der Waals surface area contributed by atoms with Crippen LogP contribution in [-0.2, 0) is 26.0 Å². The van der Waals surface area contributed by atoms with Gasteiger partial charge in [-0.2, -0.15) is 0 Å². The van der Waals surface area contributed by atoms with Crippen molar-refractivity contribution in [1.29, 1.82) is 0 Å². The molecule has 0 aliphatic heterocycles. The third kappa shape index (κ3) is 5.01. The van der Waals surface area contributed by atoms with E-state index in [0.29, 0.717) is 10.9 Å². The van der Waals surface area contributed by atoms with Crippen molar-refractivity contribution in [2.24, 2.45) is 0 Å². The number of esters is 1. The van der Waals surface area contributed by atoms with E-state index < -0.39 is 16.0 Å². The molecule has 0 fully saturated rings. The van der Waals surface area contributed by atoms with Crippen molar-refractivity contribution in [2.75, 3.05) is 20.8 Å². The summed E-state index contributed by atoms with van der Waals surface area (Å²) >= 11 is 5.96. The zero-order valence-corrected chi connectivity index (χ0v) is 16.0. The quantitative estimate of drug-likeness (QED) is 0.386. The summed E-state index contributed by atoms with van der Waals surface area (Å²) in [6, 6.07) is 7.71. The number of nitrogens with zero attached hydrogens (tertiary/aromatic N) is 2. The predicted octanol–water partition coefficient (Wildman–Crippen LogP) is 2.71. The molecule has 0 amide bonds.